The van der Waals surface area contributed by atoms with Gasteiger partial charge >= 0.3 is 0 Å². The Balaban J connectivity index is 2.17. The molecule has 1 N–H and O–H groups in total. The van der Waals surface area contributed by atoms with Crippen LogP contribution < -0.4 is 0 Å². The molecule has 2 rings (SSSR count). The lowest BCUT2D eigenvalue weighted by Gasteiger charge is -2.17. The van der Waals surface area contributed by atoms with Gasteiger partial charge in [0.15, 0.2) is 0 Å². The number of aromatic amines is 1. The van der Waals surface area contributed by atoms with Crippen molar-refractivity contribution in [2.24, 2.45) is 0 Å². The molecule has 5 heteroatoms. The van der Waals surface area contributed by atoms with Crippen molar-refractivity contribution in [3.8, 4) is 0 Å². The molecule has 1 heterocycles. The van der Waals surface area contributed by atoms with Crippen LogP contribution in [0.1, 0.15) is 21.5 Å². The Hall–Kier alpha value is -1.62. The van der Waals surface area contributed by atoms with Gasteiger partial charge in [0.2, 0.25) is 0 Å². The first kappa shape index (κ1) is 12.8. The molecular formula is C13H14BrN3O. The highest BCUT2D eigenvalue weighted by Crippen LogP contribution is 2.20. The Kier molecular flexibility index (Phi) is 3.81. The van der Waals surface area contributed by atoms with Crippen molar-refractivity contribution in [3.05, 3.63) is 51.8 Å². The molecule has 0 bridgehead atoms. The fourth-order valence-electron chi connectivity index (χ4n) is 1.72. The zero-order chi connectivity index (χ0) is 13.1. The summed E-state index contributed by atoms with van der Waals surface area (Å²) < 4.78 is 0.817. The molecule has 0 spiro atoms. The van der Waals surface area contributed by atoms with Gasteiger partial charge in [-0.15, -0.1) is 0 Å². The van der Waals surface area contributed by atoms with Gasteiger partial charge in [0, 0.05) is 29.8 Å². The first-order valence-corrected chi connectivity index (χ1v) is 6.36. The third kappa shape index (κ3) is 2.79. The number of nitrogens with zero attached hydrogens (tertiary/aromatic N) is 2. The number of aryl methyl sites for hydroxylation is 1. The van der Waals surface area contributed by atoms with Crippen LogP contribution in [0.3, 0.4) is 0 Å². The van der Waals surface area contributed by atoms with E-state index >= 15 is 0 Å². The fourth-order valence-corrected chi connectivity index (χ4v) is 2.13. The van der Waals surface area contributed by atoms with Crippen molar-refractivity contribution in [2.45, 2.75) is 13.5 Å². The van der Waals surface area contributed by atoms with E-state index in [0.29, 0.717) is 12.1 Å². The Labute approximate surface area is 114 Å². The van der Waals surface area contributed by atoms with Crippen LogP contribution in [0.15, 0.2) is 35.1 Å². The van der Waals surface area contributed by atoms with Crippen molar-refractivity contribution >= 4 is 21.8 Å². The van der Waals surface area contributed by atoms with E-state index in [0.717, 1.165) is 15.6 Å². The van der Waals surface area contributed by atoms with Crippen LogP contribution in [0.25, 0.3) is 0 Å². The van der Waals surface area contributed by atoms with E-state index in [-0.39, 0.29) is 5.91 Å². The molecule has 2 aromatic rings. The molecule has 4 nitrogen and oxygen atoms in total. The number of carbonyl (C=O) groups excluding carboxylic acids is 1. The molecule has 0 aliphatic rings. The summed E-state index contributed by atoms with van der Waals surface area (Å²) in [6.07, 6.45) is 3.50. The first-order chi connectivity index (χ1) is 8.58. The summed E-state index contributed by atoms with van der Waals surface area (Å²) in [6.45, 7) is 2.51. The number of aromatic nitrogens is 2. The predicted octanol–water partition coefficient (Wildman–Crippen LogP) is 2.75. The van der Waals surface area contributed by atoms with Gasteiger partial charge in [0.05, 0.1) is 11.8 Å². The third-order valence-electron chi connectivity index (χ3n) is 2.67. The molecule has 1 amide bonds. The average molecular weight is 308 g/mol. The lowest BCUT2D eigenvalue weighted by Crippen LogP contribution is -2.26. The quantitative estimate of drug-likeness (QED) is 0.948. The number of halogens is 1. The van der Waals surface area contributed by atoms with Gasteiger partial charge in [-0.3, -0.25) is 9.89 Å². The van der Waals surface area contributed by atoms with Crippen molar-refractivity contribution in [1.82, 2.24) is 15.1 Å². The zero-order valence-corrected chi connectivity index (χ0v) is 11.9. The average Bonchev–Trinajstić information content (AvgIpc) is 2.84. The van der Waals surface area contributed by atoms with Gasteiger partial charge in [0.25, 0.3) is 5.91 Å². The van der Waals surface area contributed by atoms with Gasteiger partial charge in [-0.05, 0) is 35.0 Å². The molecule has 0 aliphatic heterocycles. The number of hydrogen-bond donors (Lipinski definition) is 1. The molecule has 94 valence electrons. The van der Waals surface area contributed by atoms with Crippen molar-refractivity contribution < 1.29 is 4.79 Å². The number of amides is 1. The number of rotatable bonds is 3. The number of H-pyrrole nitrogens is 1. The van der Waals surface area contributed by atoms with E-state index in [1.54, 1.807) is 24.3 Å². The second kappa shape index (κ2) is 5.35. The van der Waals surface area contributed by atoms with Crippen LogP contribution in [0.2, 0.25) is 0 Å². The first-order valence-electron chi connectivity index (χ1n) is 5.57. The maximum Gasteiger partial charge on any atom is 0.255 e. The summed E-state index contributed by atoms with van der Waals surface area (Å²) in [4.78, 5) is 14.0. The van der Waals surface area contributed by atoms with Crippen LogP contribution >= 0.6 is 15.9 Å². The van der Waals surface area contributed by atoms with Crippen LogP contribution in [-0.4, -0.2) is 28.1 Å². The van der Waals surface area contributed by atoms with Crippen LogP contribution in [0, 0.1) is 6.92 Å². The standard InChI is InChI=1S/C13H14BrN3O/c1-9-3-4-12(14)11(5-9)13(18)17(2)8-10-6-15-16-7-10/h3-7H,8H2,1-2H3,(H,15,16). The highest BCUT2D eigenvalue weighted by molar-refractivity contribution is 9.10. The van der Waals surface area contributed by atoms with Gasteiger partial charge in [-0.25, -0.2) is 0 Å². The summed E-state index contributed by atoms with van der Waals surface area (Å²) in [5, 5.41) is 6.60. The second-order valence-corrected chi connectivity index (χ2v) is 5.11. The lowest BCUT2D eigenvalue weighted by atomic mass is 10.1. The normalized spacial score (nSPS) is 10.4. The molecule has 0 saturated heterocycles. The highest BCUT2D eigenvalue weighted by atomic mass is 79.9. The Morgan fingerprint density at radius 3 is 2.94 bits per heavy atom. The van der Waals surface area contributed by atoms with E-state index in [4.69, 9.17) is 0 Å². The predicted molar refractivity (Wildman–Crippen MR) is 73.3 cm³/mol. The highest BCUT2D eigenvalue weighted by Gasteiger charge is 2.15. The monoisotopic (exact) mass is 307 g/mol. The SMILES string of the molecule is Cc1ccc(Br)c(C(=O)N(C)Cc2cn[nH]c2)c1. The van der Waals surface area contributed by atoms with Crippen LogP contribution in [-0.2, 0) is 6.54 Å². The molecule has 0 aliphatic carbocycles. The van der Waals surface area contributed by atoms with Crippen molar-refractivity contribution in [3.63, 3.8) is 0 Å². The van der Waals surface area contributed by atoms with E-state index in [1.165, 1.54) is 0 Å². The fraction of sp³-hybridized carbons (Fsp3) is 0.231. The minimum Gasteiger partial charge on any atom is -0.337 e. The Bertz CT molecular complexity index is 551. The minimum atomic E-state index is -0.00762. The Morgan fingerprint density at radius 2 is 2.28 bits per heavy atom. The molecular weight excluding hydrogens is 294 g/mol. The molecule has 0 fully saturated rings. The maximum absolute atomic E-state index is 12.3. The molecule has 0 atom stereocenters. The van der Waals surface area contributed by atoms with E-state index in [2.05, 4.69) is 26.1 Å². The van der Waals surface area contributed by atoms with Gasteiger partial charge in [-0.1, -0.05) is 11.6 Å². The summed E-state index contributed by atoms with van der Waals surface area (Å²) in [6, 6.07) is 5.75. The molecule has 0 radical (unpaired) electrons. The third-order valence-corrected chi connectivity index (χ3v) is 3.37. The lowest BCUT2D eigenvalue weighted by molar-refractivity contribution is 0.0784. The smallest absolute Gasteiger partial charge is 0.255 e. The summed E-state index contributed by atoms with van der Waals surface area (Å²) in [5.41, 5.74) is 2.73. The van der Waals surface area contributed by atoms with E-state index in [1.807, 2.05) is 25.1 Å². The van der Waals surface area contributed by atoms with Crippen LogP contribution in [0.5, 0.6) is 0 Å². The number of benzene rings is 1. The van der Waals surface area contributed by atoms with Crippen molar-refractivity contribution in [2.75, 3.05) is 7.05 Å². The summed E-state index contributed by atoms with van der Waals surface area (Å²) >= 11 is 3.41. The topological polar surface area (TPSA) is 49.0 Å². The van der Waals surface area contributed by atoms with Gasteiger partial charge in [0.1, 0.15) is 0 Å². The second-order valence-electron chi connectivity index (χ2n) is 4.25. The van der Waals surface area contributed by atoms with Crippen LogP contribution in [0.4, 0.5) is 0 Å². The Morgan fingerprint density at radius 1 is 1.50 bits per heavy atom. The maximum atomic E-state index is 12.3. The van der Waals surface area contributed by atoms with Gasteiger partial charge < -0.3 is 4.90 Å². The number of nitrogens with one attached hydrogen (secondary N) is 1. The van der Waals surface area contributed by atoms with Gasteiger partial charge in [-0.2, -0.15) is 5.10 Å². The molecule has 0 unspecified atom stereocenters. The zero-order valence-electron chi connectivity index (χ0n) is 10.3. The molecule has 1 aromatic carbocycles. The number of hydrogen-bond acceptors (Lipinski definition) is 2. The molecule has 0 saturated carbocycles. The largest absolute Gasteiger partial charge is 0.337 e. The minimum absolute atomic E-state index is 0.00762. The van der Waals surface area contributed by atoms with E-state index in [9.17, 15) is 4.79 Å². The number of carbonyl (C=O) groups is 1. The van der Waals surface area contributed by atoms with Crippen molar-refractivity contribution in [1.29, 1.82) is 0 Å². The molecule has 1 aromatic heterocycles. The van der Waals surface area contributed by atoms with E-state index < -0.39 is 0 Å². The summed E-state index contributed by atoms with van der Waals surface area (Å²) in [5.74, 6) is -0.00762. The summed E-state index contributed by atoms with van der Waals surface area (Å²) in [7, 11) is 1.78. The molecule has 18 heavy (non-hydrogen) atoms.